The zero-order chi connectivity index (χ0) is 19.3. The van der Waals surface area contributed by atoms with Crippen molar-refractivity contribution >= 4 is 28.9 Å². The number of rotatable bonds is 7. The van der Waals surface area contributed by atoms with Crippen LogP contribution in [0, 0.1) is 0 Å². The maximum absolute atomic E-state index is 6.37. The molecule has 0 radical (unpaired) electrons. The second-order valence-electron chi connectivity index (χ2n) is 7.74. The van der Waals surface area contributed by atoms with E-state index in [2.05, 4.69) is 34.1 Å². The fourth-order valence-electron chi connectivity index (χ4n) is 4.22. The van der Waals surface area contributed by atoms with E-state index in [1.807, 2.05) is 12.1 Å². The molecule has 0 amide bonds. The summed E-state index contributed by atoms with van der Waals surface area (Å²) in [6.07, 6.45) is 5.74. The van der Waals surface area contributed by atoms with Crippen molar-refractivity contribution in [1.82, 2.24) is 4.90 Å². The molecular weight excluding hydrogens is 391 g/mol. The van der Waals surface area contributed by atoms with Crippen LogP contribution >= 0.6 is 23.2 Å². The third-order valence-corrected chi connectivity index (χ3v) is 6.45. The Labute approximate surface area is 178 Å². The highest BCUT2D eigenvalue weighted by Gasteiger charge is 2.18. The van der Waals surface area contributed by atoms with Gasteiger partial charge in [0, 0.05) is 26.2 Å². The van der Waals surface area contributed by atoms with Gasteiger partial charge in [0.2, 0.25) is 0 Å². The highest BCUT2D eigenvalue weighted by molar-refractivity contribution is 6.33. The van der Waals surface area contributed by atoms with E-state index in [-0.39, 0.29) is 0 Å². The van der Waals surface area contributed by atoms with Crippen molar-refractivity contribution < 1.29 is 4.74 Å². The van der Waals surface area contributed by atoms with E-state index in [1.165, 1.54) is 17.5 Å². The number of para-hydroxylation sites is 1. The van der Waals surface area contributed by atoms with Crippen molar-refractivity contribution in [3.8, 4) is 5.75 Å². The van der Waals surface area contributed by atoms with Crippen molar-refractivity contribution in [3.63, 3.8) is 0 Å². The molecule has 0 saturated carbocycles. The van der Waals surface area contributed by atoms with Gasteiger partial charge < -0.3 is 9.64 Å². The molecular formula is C23H28Cl2N2O. The van der Waals surface area contributed by atoms with Crippen molar-refractivity contribution in [2.24, 2.45) is 0 Å². The number of benzene rings is 2. The average Bonchev–Trinajstić information content (AvgIpc) is 3.16. The Kier molecular flexibility index (Phi) is 6.66. The molecule has 1 heterocycles. The molecule has 2 aromatic rings. The lowest BCUT2D eigenvalue weighted by molar-refractivity contribution is 0.238. The first-order valence-corrected chi connectivity index (χ1v) is 11.1. The average molecular weight is 419 g/mol. The number of aryl methyl sites for hydroxylation is 2. The van der Waals surface area contributed by atoms with E-state index >= 15 is 0 Å². The summed E-state index contributed by atoms with van der Waals surface area (Å²) in [5.41, 5.74) is 3.97. The maximum Gasteiger partial charge on any atom is 0.138 e. The van der Waals surface area contributed by atoms with E-state index in [0.29, 0.717) is 0 Å². The molecule has 1 saturated heterocycles. The predicted octanol–water partition coefficient (Wildman–Crippen LogP) is 5.46. The zero-order valence-corrected chi connectivity index (χ0v) is 17.8. The van der Waals surface area contributed by atoms with Gasteiger partial charge in [0.1, 0.15) is 5.75 Å². The van der Waals surface area contributed by atoms with Gasteiger partial charge in [-0.2, -0.15) is 0 Å². The third-order valence-electron chi connectivity index (χ3n) is 5.84. The van der Waals surface area contributed by atoms with Crippen LogP contribution in [0.4, 0.5) is 5.69 Å². The minimum atomic E-state index is 0.734. The van der Waals surface area contributed by atoms with Crippen molar-refractivity contribution in [3.05, 3.63) is 57.6 Å². The van der Waals surface area contributed by atoms with Crippen LogP contribution in [0.25, 0.3) is 0 Å². The number of anilines is 1. The standard InChI is InChI=1S/C23H28Cl2N2O/c24-20-8-1-2-9-22(20)27-13-11-26(12-14-27)10-3-4-15-28-23-17-19-7-5-6-18(19)16-21(23)25/h1-2,8-9,16-17H,3-7,10-15H2. The van der Waals surface area contributed by atoms with Gasteiger partial charge in [-0.3, -0.25) is 4.90 Å². The lowest BCUT2D eigenvalue weighted by Crippen LogP contribution is -2.46. The minimum absolute atomic E-state index is 0.734. The summed E-state index contributed by atoms with van der Waals surface area (Å²) in [6.45, 7) is 6.09. The molecule has 2 aromatic carbocycles. The fourth-order valence-corrected chi connectivity index (χ4v) is 4.72. The SMILES string of the molecule is Clc1cc2c(cc1OCCCCN1CCN(c3ccccc3Cl)CC1)CCC2. The van der Waals surface area contributed by atoms with Gasteiger partial charge in [-0.25, -0.2) is 0 Å². The molecule has 5 heteroatoms. The fraction of sp³-hybridized carbons (Fsp3) is 0.478. The summed E-state index contributed by atoms with van der Waals surface area (Å²) in [4.78, 5) is 4.92. The summed E-state index contributed by atoms with van der Waals surface area (Å²) >= 11 is 12.7. The van der Waals surface area contributed by atoms with Crippen LogP contribution in [0.2, 0.25) is 10.0 Å². The van der Waals surface area contributed by atoms with Crippen LogP contribution in [0.5, 0.6) is 5.75 Å². The number of hydrogen-bond acceptors (Lipinski definition) is 3. The largest absolute Gasteiger partial charge is 0.492 e. The molecule has 0 aromatic heterocycles. The smallest absolute Gasteiger partial charge is 0.138 e. The van der Waals surface area contributed by atoms with Gasteiger partial charge in [0.05, 0.1) is 22.3 Å². The number of hydrogen-bond donors (Lipinski definition) is 0. The van der Waals surface area contributed by atoms with E-state index in [9.17, 15) is 0 Å². The lowest BCUT2D eigenvalue weighted by Gasteiger charge is -2.36. The van der Waals surface area contributed by atoms with Gasteiger partial charge >= 0.3 is 0 Å². The maximum atomic E-state index is 6.37. The normalized spacial score (nSPS) is 17.0. The molecule has 0 N–H and O–H groups in total. The van der Waals surface area contributed by atoms with Crippen LogP contribution in [-0.2, 0) is 12.8 Å². The molecule has 0 unspecified atom stereocenters. The molecule has 1 fully saturated rings. The third kappa shape index (κ3) is 4.76. The highest BCUT2D eigenvalue weighted by Crippen LogP contribution is 2.33. The Morgan fingerprint density at radius 3 is 2.39 bits per heavy atom. The Morgan fingerprint density at radius 2 is 1.61 bits per heavy atom. The second-order valence-corrected chi connectivity index (χ2v) is 8.55. The number of halogens is 2. The van der Waals surface area contributed by atoms with Crippen LogP contribution in [0.3, 0.4) is 0 Å². The van der Waals surface area contributed by atoms with Crippen LogP contribution < -0.4 is 9.64 Å². The Hall–Kier alpha value is -1.42. The summed E-state index contributed by atoms with van der Waals surface area (Å²) in [5.74, 6) is 0.857. The molecule has 1 aliphatic carbocycles. The van der Waals surface area contributed by atoms with Crippen molar-refractivity contribution in [2.45, 2.75) is 32.1 Å². The molecule has 150 valence electrons. The Balaban J connectivity index is 1.16. The quantitative estimate of drug-likeness (QED) is 0.554. The summed E-state index contributed by atoms with van der Waals surface area (Å²) in [7, 11) is 0. The van der Waals surface area contributed by atoms with Crippen LogP contribution in [0.15, 0.2) is 36.4 Å². The Morgan fingerprint density at radius 1 is 0.857 bits per heavy atom. The summed E-state index contributed by atoms with van der Waals surface area (Å²) < 4.78 is 5.97. The molecule has 3 nitrogen and oxygen atoms in total. The molecule has 0 atom stereocenters. The first-order valence-electron chi connectivity index (χ1n) is 10.4. The number of nitrogens with zero attached hydrogens (tertiary/aromatic N) is 2. The van der Waals surface area contributed by atoms with Gasteiger partial charge in [0.25, 0.3) is 0 Å². The van der Waals surface area contributed by atoms with Gasteiger partial charge in [-0.05, 0) is 74.0 Å². The molecule has 1 aliphatic heterocycles. The lowest BCUT2D eigenvalue weighted by atomic mass is 10.1. The number of ether oxygens (including phenoxy) is 1. The van der Waals surface area contributed by atoms with E-state index in [1.54, 1.807) is 0 Å². The second kappa shape index (κ2) is 9.39. The van der Waals surface area contributed by atoms with Gasteiger partial charge in [-0.1, -0.05) is 35.3 Å². The minimum Gasteiger partial charge on any atom is -0.492 e. The van der Waals surface area contributed by atoms with Gasteiger partial charge in [0.15, 0.2) is 0 Å². The first-order chi connectivity index (χ1) is 13.7. The highest BCUT2D eigenvalue weighted by atomic mass is 35.5. The van der Waals surface area contributed by atoms with E-state index in [0.717, 1.165) is 86.5 Å². The number of fused-ring (bicyclic) bond motifs is 1. The first kappa shape index (κ1) is 19.9. The topological polar surface area (TPSA) is 15.7 Å². The zero-order valence-electron chi connectivity index (χ0n) is 16.3. The number of unbranched alkanes of at least 4 members (excludes halogenated alkanes) is 1. The van der Waals surface area contributed by atoms with Crippen molar-refractivity contribution in [1.29, 1.82) is 0 Å². The number of piperazine rings is 1. The van der Waals surface area contributed by atoms with E-state index < -0.39 is 0 Å². The van der Waals surface area contributed by atoms with Crippen molar-refractivity contribution in [2.75, 3.05) is 44.2 Å². The van der Waals surface area contributed by atoms with Crippen LogP contribution in [0.1, 0.15) is 30.4 Å². The van der Waals surface area contributed by atoms with E-state index in [4.69, 9.17) is 27.9 Å². The molecule has 4 rings (SSSR count). The van der Waals surface area contributed by atoms with Gasteiger partial charge in [-0.15, -0.1) is 0 Å². The Bertz CT molecular complexity index is 803. The summed E-state index contributed by atoms with van der Waals surface area (Å²) in [6, 6.07) is 12.4. The van der Waals surface area contributed by atoms with Crippen LogP contribution in [-0.4, -0.2) is 44.2 Å². The summed E-state index contributed by atoms with van der Waals surface area (Å²) in [5, 5.41) is 1.61. The molecule has 2 aliphatic rings. The molecule has 28 heavy (non-hydrogen) atoms. The monoisotopic (exact) mass is 418 g/mol. The molecule has 0 bridgehead atoms. The molecule has 0 spiro atoms. The predicted molar refractivity (Wildman–Crippen MR) is 118 cm³/mol.